The van der Waals surface area contributed by atoms with Gasteiger partial charge in [0.25, 0.3) is 0 Å². The molecule has 1 saturated heterocycles. The normalized spacial score (nSPS) is 16.0. The molecule has 1 aromatic carbocycles. The third kappa shape index (κ3) is 4.12. The van der Waals surface area contributed by atoms with Crippen LogP contribution >= 0.6 is 0 Å². The standard InChI is InChI=1S/C30H32N4O3/c1-18-27(19(2)37-33-18)21-15-26-28(32-17-21)23-9-8-22(30(3,4)35)16-25(23)34(26)29(20-10-13-36-14-11-20)24-7-5-6-12-31-24/h5-9,12,15-17,20,29,35H,10-11,13-14H2,1-4H3/t29-/m1/s1. The first-order valence-corrected chi connectivity index (χ1v) is 12.9. The molecule has 0 saturated carbocycles. The largest absolute Gasteiger partial charge is 0.386 e. The Bertz CT molecular complexity index is 1550. The monoisotopic (exact) mass is 496 g/mol. The Hall–Kier alpha value is -3.55. The van der Waals surface area contributed by atoms with Gasteiger partial charge in [-0.2, -0.15) is 0 Å². The molecule has 1 N–H and O–H groups in total. The number of ether oxygens (including phenoxy) is 1. The van der Waals surface area contributed by atoms with Crippen LogP contribution < -0.4 is 0 Å². The summed E-state index contributed by atoms with van der Waals surface area (Å²) in [7, 11) is 0. The summed E-state index contributed by atoms with van der Waals surface area (Å²) in [5, 5.41) is 16.1. The number of fused-ring (bicyclic) bond motifs is 3. The van der Waals surface area contributed by atoms with Gasteiger partial charge in [-0.05, 0) is 76.3 Å². The average molecular weight is 497 g/mol. The molecule has 37 heavy (non-hydrogen) atoms. The van der Waals surface area contributed by atoms with Crippen LogP contribution in [0.15, 0.2) is 59.4 Å². The lowest BCUT2D eigenvalue weighted by Crippen LogP contribution is -2.27. The molecule has 1 atom stereocenters. The van der Waals surface area contributed by atoms with Crippen LogP contribution in [-0.2, 0) is 10.3 Å². The molecule has 6 rings (SSSR count). The zero-order valence-electron chi connectivity index (χ0n) is 21.7. The summed E-state index contributed by atoms with van der Waals surface area (Å²) in [6.07, 6.45) is 5.67. The Morgan fingerprint density at radius 1 is 1.03 bits per heavy atom. The number of benzene rings is 1. The van der Waals surface area contributed by atoms with Crippen LogP contribution in [-0.4, -0.2) is 38.0 Å². The van der Waals surface area contributed by atoms with Crippen LogP contribution in [0.1, 0.15) is 55.4 Å². The molecular formula is C30H32N4O3. The predicted octanol–water partition coefficient (Wildman–Crippen LogP) is 6.10. The van der Waals surface area contributed by atoms with E-state index in [1.807, 2.05) is 52.2 Å². The minimum atomic E-state index is -0.968. The van der Waals surface area contributed by atoms with Crippen molar-refractivity contribution in [1.29, 1.82) is 0 Å². The van der Waals surface area contributed by atoms with Gasteiger partial charge in [0.05, 0.1) is 39.6 Å². The fraction of sp³-hybridized carbons (Fsp3) is 0.367. The maximum atomic E-state index is 10.9. The molecule has 0 aliphatic carbocycles. The van der Waals surface area contributed by atoms with Crippen LogP contribution in [0.3, 0.4) is 0 Å². The predicted molar refractivity (Wildman–Crippen MR) is 143 cm³/mol. The molecular weight excluding hydrogens is 464 g/mol. The van der Waals surface area contributed by atoms with E-state index in [0.717, 1.165) is 81.8 Å². The minimum Gasteiger partial charge on any atom is -0.386 e. The summed E-state index contributed by atoms with van der Waals surface area (Å²) >= 11 is 0. The van der Waals surface area contributed by atoms with Crippen LogP contribution in [0.5, 0.6) is 0 Å². The Labute approximate surface area is 216 Å². The Kier molecular flexibility index (Phi) is 5.85. The van der Waals surface area contributed by atoms with Gasteiger partial charge in [-0.3, -0.25) is 9.97 Å². The van der Waals surface area contributed by atoms with E-state index in [0.29, 0.717) is 5.92 Å². The van der Waals surface area contributed by atoms with Crippen molar-refractivity contribution in [1.82, 2.24) is 19.7 Å². The van der Waals surface area contributed by atoms with Gasteiger partial charge in [0.15, 0.2) is 0 Å². The number of nitrogens with zero attached hydrogens (tertiary/aromatic N) is 4. The van der Waals surface area contributed by atoms with Gasteiger partial charge in [-0.25, -0.2) is 0 Å². The van der Waals surface area contributed by atoms with Crippen molar-refractivity contribution in [3.8, 4) is 11.1 Å². The Morgan fingerprint density at radius 2 is 1.84 bits per heavy atom. The first-order valence-electron chi connectivity index (χ1n) is 12.9. The van der Waals surface area contributed by atoms with Crippen molar-refractivity contribution in [3.05, 3.63) is 77.6 Å². The number of pyridine rings is 2. The molecule has 5 aromatic rings. The van der Waals surface area contributed by atoms with E-state index in [2.05, 4.69) is 40.1 Å². The second-order valence-electron chi connectivity index (χ2n) is 10.6. The van der Waals surface area contributed by atoms with E-state index in [1.54, 1.807) is 0 Å². The highest BCUT2D eigenvalue weighted by atomic mass is 16.5. The number of aliphatic hydroxyl groups is 1. The molecule has 190 valence electrons. The number of aromatic nitrogens is 4. The first-order chi connectivity index (χ1) is 17.8. The lowest BCUT2D eigenvalue weighted by molar-refractivity contribution is 0.0547. The van der Waals surface area contributed by atoms with Crippen molar-refractivity contribution in [2.45, 2.75) is 52.2 Å². The van der Waals surface area contributed by atoms with Gasteiger partial charge < -0.3 is 18.9 Å². The Balaban J connectivity index is 1.69. The molecule has 0 bridgehead atoms. The quantitative estimate of drug-likeness (QED) is 0.316. The lowest BCUT2D eigenvalue weighted by Gasteiger charge is -2.32. The summed E-state index contributed by atoms with van der Waals surface area (Å²) in [5.74, 6) is 1.12. The summed E-state index contributed by atoms with van der Waals surface area (Å²) in [6, 6.07) is 14.5. The van der Waals surface area contributed by atoms with Crippen molar-refractivity contribution >= 4 is 21.9 Å². The zero-order valence-corrected chi connectivity index (χ0v) is 21.7. The van der Waals surface area contributed by atoms with Crippen LogP contribution in [0.4, 0.5) is 0 Å². The van der Waals surface area contributed by atoms with Crippen molar-refractivity contribution in [2.24, 2.45) is 5.92 Å². The van der Waals surface area contributed by atoms with Gasteiger partial charge in [-0.15, -0.1) is 0 Å². The van der Waals surface area contributed by atoms with Gasteiger partial charge in [0.1, 0.15) is 5.76 Å². The molecule has 0 unspecified atom stereocenters. The molecule has 7 heteroatoms. The Morgan fingerprint density at radius 3 is 2.51 bits per heavy atom. The van der Waals surface area contributed by atoms with Gasteiger partial charge >= 0.3 is 0 Å². The SMILES string of the molecule is Cc1noc(C)c1-c1cnc2c3ccc(C(C)(C)O)cc3n([C@@H](c3ccccn3)C3CCOCC3)c2c1. The van der Waals surface area contributed by atoms with Crippen molar-refractivity contribution in [3.63, 3.8) is 0 Å². The van der Waals surface area contributed by atoms with Gasteiger partial charge in [0, 0.05) is 42.1 Å². The molecule has 1 fully saturated rings. The highest BCUT2D eigenvalue weighted by molar-refractivity contribution is 6.07. The summed E-state index contributed by atoms with van der Waals surface area (Å²) in [5.41, 5.74) is 6.71. The van der Waals surface area contributed by atoms with Gasteiger partial charge in [-0.1, -0.05) is 23.4 Å². The van der Waals surface area contributed by atoms with E-state index < -0.39 is 5.60 Å². The molecule has 1 aliphatic heterocycles. The average Bonchev–Trinajstić information content (AvgIpc) is 3.40. The molecule has 1 aliphatic rings. The third-order valence-electron chi connectivity index (χ3n) is 7.65. The summed E-state index contributed by atoms with van der Waals surface area (Å²) in [4.78, 5) is 9.82. The summed E-state index contributed by atoms with van der Waals surface area (Å²) in [6.45, 7) is 9.02. The number of hydrogen-bond donors (Lipinski definition) is 1. The zero-order chi connectivity index (χ0) is 25.7. The van der Waals surface area contributed by atoms with E-state index in [9.17, 15) is 5.11 Å². The van der Waals surface area contributed by atoms with E-state index >= 15 is 0 Å². The second kappa shape index (κ2) is 9.08. The third-order valence-corrected chi connectivity index (χ3v) is 7.65. The maximum absolute atomic E-state index is 10.9. The number of rotatable bonds is 5. The van der Waals surface area contributed by atoms with E-state index in [-0.39, 0.29) is 6.04 Å². The topological polar surface area (TPSA) is 86.2 Å². The molecule has 0 radical (unpaired) electrons. The van der Waals surface area contributed by atoms with Crippen molar-refractivity contribution < 1.29 is 14.4 Å². The van der Waals surface area contributed by atoms with E-state index in [1.165, 1.54) is 0 Å². The minimum absolute atomic E-state index is 0.0103. The fourth-order valence-electron chi connectivity index (χ4n) is 5.78. The van der Waals surface area contributed by atoms with Crippen LogP contribution in [0.2, 0.25) is 0 Å². The molecule has 5 heterocycles. The van der Waals surface area contributed by atoms with Crippen LogP contribution in [0, 0.1) is 19.8 Å². The highest BCUT2D eigenvalue weighted by Crippen LogP contribution is 2.42. The van der Waals surface area contributed by atoms with Crippen molar-refractivity contribution in [2.75, 3.05) is 13.2 Å². The first kappa shape index (κ1) is 23.8. The molecule has 0 spiro atoms. The molecule has 0 amide bonds. The fourth-order valence-corrected chi connectivity index (χ4v) is 5.78. The lowest BCUT2D eigenvalue weighted by atomic mass is 9.88. The maximum Gasteiger partial charge on any atom is 0.141 e. The summed E-state index contributed by atoms with van der Waals surface area (Å²) < 4.78 is 13.6. The smallest absolute Gasteiger partial charge is 0.141 e. The van der Waals surface area contributed by atoms with Gasteiger partial charge in [0.2, 0.25) is 0 Å². The molecule has 4 aromatic heterocycles. The second-order valence-corrected chi connectivity index (χ2v) is 10.6. The number of hydrogen-bond acceptors (Lipinski definition) is 6. The van der Waals surface area contributed by atoms with E-state index in [4.69, 9.17) is 19.2 Å². The number of aryl methyl sites for hydroxylation is 2. The van der Waals surface area contributed by atoms with Crippen LogP contribution in [0.25, 0.3) is 33.1 Å². The molecule has 7 nitrogen and oxygen atoms in total. The highest BCUT2D eigenvalue weighted by Gasteiger charge is 2.32.